The highest BCUT2D eigenvalue weighted by atomic mass is 79.9. The third kappa shape index (κ3) is 6.15. The van der Waals surface area contributed by atoms with Crippen molar-refractivity contribution in [3.8, 4) is 5.75 Å². The molecule has 0 amide bonds. The molecule has 0 aromatic heterocycles. The van der Waals surface area contributed by atoms with E-state index in [4.69, 9.17) is 9.84 Å². The quantitative estimate of drug-likeness (QED) is 0.769. The van der Waals surface area contributed by atoms with Crippen LogP contribution in [0.15, 0.2) is 22.7 Å². The summed E-state index contributed by atoms with van der Waals surface area (Å²) in [5.41, 5.74) is 1.18. The minimum Gasteiger partial charge on any atom is -0.491 e. The van der Waals surface area contributed by atoms with E-state index in [1.165, 1.54) is 5.56 Å². The molecule has 128 valence electrons. The average Bonchev–Trinajstić information content (AvgIpc) is 2.50. The molecule has 0 spiro atoms. The first kappa shape index (κ1) is 18.3. The van der Waals surface area contributed by atoms with E-state index in [1.807, 2.05) is 17.0 Å². The van der Waals surface area contributed by atoms with Crippen LogP contribution in [0.3, 0.4) is 0 Å². The Kier molecular flexibility index (Phi) is 6.90. The first-order valence-electron chi connectivity index (χ1n) is 8.31. The van der Waals surface area contributed by atoms with Crippen LogP contribution in [0.4, 0.5) is 0 Å². The fraction of sp³-hybridized carbons (Fsp3) is 0.611. The number of carbonyl (C=O) groups is 1. The highest BCUT2D eigenvalue weighted by molar-refractivity contribution is 9.10. The van der Waals surface area contributed by atoms with Gasteiger partial charge in [0.15, 0.2) is 0 Å². The summed E-state index contributed by atoms with van der Waals surface area (Å²) >= 11 is 3.50. The number of aryl methyl sites for hydroxylation is 1. The number of nitrogens with zero attached hydrogens (tertiary/aromatic N) is 1. The molecule has 0 saturated carbocycles. The third-order valence-corrected chi connectivity index (χ3v) is 5.40. The molecule has 5 heteroatoms. The number of carboxylic acids is 1. The number of halogens is 1. The molecule has 0 radical (unpaired) electrons. The molecular formula is C18H26BrNO3. The Morgan fingerprint density at radius 1 is 1.43 bits per heavy atom. The van der Waals surface area contributed by atoms with Gasteiger partial charge in [0.25, 0.3) is 0 Å². The molecule has 1 aromatic rings. The summed E-state index contributed by atoms with van der Waals surface area (Å²) in [7, 11) is 0. The van der Waals surface area contributed by atoms with Gasteiger partial charge in [0.2, 0.25) is 0 Å². The predicted molar refractivity (Wildman–Crippen MR) is 95.0 cm³/mol. The van der Waals surface area contributed by atoms with Crippen LogP contribution < -0.4 is 4.74 Å². The van der Waals surface area contributed by atoms with Crippen molar-refractivity contribution >= 4 is 21.9 Å². The lowest BCUT2D eigenvalue weighted by atomic mass is 9.91. The van der Waals surface area contributed by atoms with Gasteiger partial charge in [-0.15, -0.1) is 0 Å². The van der Waals surface area contributed by atoms with Crippen LogP contribution in [-0.4, -0.2) is 41.7 Å². The van der Waals surface area contributed by atoms with Gasteiger partial charge in [0.1, 0.15) is 5.75 Å². The number of carboxylic acid groups (broad SMARTS) is 1. The molecule has 1 aliphatic rings. The van der Waals surface area contributed by atoms with Gasteiger partial charge in [-0.2, -0.15) is 0 Å². The molecule has 1 fully saturated rings. The molecule has 1 heterocycles. The monoisotopic (exact) mass is 383 g/mol. The van der Waals surface area contributed by atoms with Crippen molar-refractivity contribution in [1.29, 1.82) is 0 Å². The van der Waals surface area contributed by atoms with Crippen molar-refractivity contribution < 1.29 is 14.6 Å². The first-order valence-corrected chi connectivity index (χ1v) is 9.10. The van der Waals surface area contributed by atoms with Gasteiger partial charge in [0, 0.05) is 4.47 Å². The molecule has 0 bridgehead atoms. The zero-order valence-electron chi connectivity index (χ0n) is 13.9. The second-order valence-corrected chi connectivity index (χ2v) is 7.38. The number of piperidine rings is 1. The Morgan fingerprint density at radius 2 is 2.13 bits per heavy atom. The second kappa shape index (κ2) is 8.69. The summed E-state index contributed by atoms with van der Waals surface area (Å²) in [6, 6.07) is 6.08. The number of likely N-dealkylation sites (tertiary alicyclic amines) is 1. The summed E-state index contributed by atoms with van der Waals surface area (Å²) in [6.45, 7) is 6.16. The lowest BCUT2D eigenvalue weighted by Gasteiger charge is -2.31. The molecular weight excluding hydrogens is 358 g/mol. The predicted octanol–water partition coefficient (Wildman–Crippen LogP) is 4.10. The van der Waals surface area contributed by atoms with Crippen LogP contribution in [0.5, 0.6) is 5.75 Å². The molecule has 23 heavy (non-hydrogen) atoms. The standard InChI is InChI=1S/C18H26BrNO3/c1-13-11-16(5-6-17(13)19)23-14(2)3-4-15-7-9-20(10-8-15)12-18(21)22/h5-6,11,14-15H,3-4,7-10,12H2,1-2H3,(H,21,22)/t14-/m0/s1. The van der Waals surface area contributed by atoms with E-state index in [9.17, 15) is 4.79 Å². The van der Waals surface area contributed by atoms with E-state index in [-0.39, 0.29) is 12.6 Å². The Balaban J connectivity index is 1.69. The topological polar surface area (TPSA) is 49.8 Å². The van der Waals surface area contributed by atoms with E-state index in [0.717, 1.165) is 49.0 Å². The summed E-state index contributed by atoms with van der Waals surface area (Å²) in [5, 5.41) is 8.82. The van der Waals surface area contributed by atoms with Gasteiger partial charge >= 0.3 is 5.97 Å². The maximum atomic E-state index is 10.7. The van der Waals surface area contributed by atoms with Crippen molar-refractivity contribution in [1.82, 2.24) is 4.90 Å². The average molecular weight is 384 g/mol. The fourth-order valence-electron chi connectivity index (χ4n) is 3.08. The van der Waals surface area contributed by atoms with Crippen LogP contribution in [0.2, 0.25) is 0 Å². The van der Waals surface area contributed by atoms with Gasteiger partial charge in [-0.3, -0.25) is 9.69 Å². The van der Waals surface area contributed by atoms with Gasteiger partial charge in [-0.1, -0.05) is 15.9 Å². The minimum absolute atomic E-state index is 0.176. The van der Waals surface area contributed by atoms with E-state index in [2.05, 4.69) is 35.8 Å². The second-order valence-electron chi connectivity index (χ2n) is 6.53. The Labute approximate surface area is 147 Å². The number of benzene rings is 1. The van der Waals surface area contributed by atoms with Crippen LogP contribution >= 0.6 is 15.9 Å². The van der Waals surface area contributed by atoms with Crippen molar-refractivity contribution in [2.45, 2.75) is 45.6 Å². The van der Waals surface area contributed by atoms with Crippen LogP contribution in [-0.2, 0) is 4.79 Å². The molecule has 1 atom stereocenters. The Hall–Kier alpha value is -1.07. The number of ether oxygens (including phenoxy) is 1. The summed E-state index contributed by atoms with van der Waals surface area (Å²) in [4.78, 5) is 12.8. The largest absolute Gasteiger partial charge is 0.491 e. The molecule has 2 rings (SSSR count). The minimum atomic E-state index is -0.727. The van der Waals surface area contributed by atoms with Crippen molar-refractivity contribution in [3.63, 3.8) is 0 Å². The summed E-state index contributed by atoms with van der Waals surface area (Å²) < 4.78 is 7.11. The zero-order valence-corrected chi connectivity index (χ0v) is 15.5. The summed E-state index contributed by atoms with van der Waals surface area (Å²) in [5.74, 6) is 0.891. The van der Waals surface area contributed by atoms with Gasteiger partial charge in [0.05, 0.1) is 12.6 Å². The molecule has 0 aliphatic carbocycles. The lowest BCUT2D eigenvalue weighted by Crippen LogP contribution is -2.37. The number of hydrogen-bond donors (Lipinski definition) is 1. The Bertz CT molecular complexity index is 527. The molecule has 4 nitrogen and oxygen atoms in total. The van der Waals surface area contributed by atoms with Crippen LogP contribution in [0.25, 0.3) is 0 Å². The van der Waals surface area contributed by atoms with Gasteiger partial charge < -0.3 is 9.84 Å². The van der Waals surface area contributed by atoms with E-state index >= 15 is 0 Å². The van der Waals surface area contributed by atoms with Crippen LogP contribution in [0.1, 0.15) is 38.2 Å². The molecule has 1 aliphatic heterocycles. The van der Waals surface area contributed by atoms with E-state index < -0.39 is 5.97 Å². The van der Waals surface area contributed by atoms with Gasteiger partial charge in [-0.25, -0.2) is 0 Å². The highest BCUT2D eigenvalue weighted by Gasteiger charge is 2.21. The van der Waals surface area contributed by atoms with E-state index in [0.29, 0.717) is 5.92 Å². The maximum Gasteiger partial charge on any atom is 0.317 e. The Morgan fingerprint density at radius 3 is 2.74 bits per heavy atom. The first-order chi connectivity index (χ1) is 10.9. The third-order valence-electron chi connectivity index (χ3n) is 4.51. The molecule has 1 saturated heterocycles. The highest BCUT2D eigenvalue weighted by Crippen LogP contribution is 2.25. The fourth-order valence-corrected chi connectivity index (χ4v) is 3.32. The van der Waals surface area contributed by atoms with Crippen molar-refractivity contribution in [3.05, 3.63) is 28.2 Å². The zero-order chi connectivity index (χ0) is 16.8. The van der Waals surface area contributed by atoms with Crippen molar-refractivity contribution in [2.24, 2.45) is 5.92 Å². The maximum absolute atomic E-state index is 10.7. The summed E-state index contributed by atoms with van der Waals surface area (Å²) in [6.07, 6.45) is 4.58. The molecule has 1 N–H and O–H groups in total. The van der Waals surface area contributed by atoms with Gasteiger partial charge in [-0.05, 0) is 82.3 Å². The van der Waals surface area contributed by atoms with E-state index in [1.54, 1.807) is 0 Å². The van der Waals surface area contributed by atoms with Crippen molar-refractivity contribution in [2.75, 3.05) is 19.6 Å². The number of rotatable bonds is 7. The number of hydrogen-bond acceptors (Lipinski definition) is 3. The lowest BCUT2D eigenvalue weighted by molar-refractivity contribution is -0.138. The molecule has 0 unspecified atom stereocenters. The number of aliphatic carboxylic acids is 1. The molecule has 1 aromatic carbocycles. The smallest absolute Gasteiger partial charge is 0.317 e. The normalized spacial score (nSPS) is 17.9. The van der Waals surface area contributed by atoms with Crippen LogP contribution in [0, 0.1) is 12.8 Å². The SMILES string of the molecule is Cc1cc(O[C@@H](C)CCC2CCN(CC(=O)O)CC2)ccc1Br.